The molecule has 9 heteroatoms. The molecule has 0 aliphatic heterocycles. The first-order valence-electron chi connectivity index (χ1n) is 24.7. The molecule has 2 atom stereocenters. The molecule has 0 amide bonds. The van der Waals surface area contributed by atoms with Crippen LogP contribution in [0.15, 0.2) is 134 Å². The lowest BCUT2D eigenvalue weighted by molar-refractivity contribution is -0.154. The predicted octanol–water partition coefficient (Wildman–Crippen LogP) is 15.5. The zero-order valence-corrected chi connectivity index (χ0v) is 41.1. The molecule has 362 valence electrons. The Morgan fingerprint density at radius 1 is 0.469 bits per heavy atom. The second kappa shape index (κ2) is 50.6. The highest BCUT2D eigenvalue weighted by Crippen LogP contribution is 2.43. The number of carbonyl (C=O) groups is 1. The molecule has 3 N–H and O–H groups in total. The van der Waals surface area contributed by atoms with Crippen molar-refractivity contribution in [2.45, 2.75) is 174 Å². The number of unbranched alkanes of at least 4 members (excludes halogenated alkanes) is 10. The van der Waals surface area contributed by atoms with Crippen molar-refractivity contribution in [1.29, 1.82) is 0 Å². The normalized spacial score (nSPS) is 14.5. The van der Waals surface area contributed by atoms with E-state index in [0.29, 0.717) is 13.0 Å². The minimum absolute atomic E-state index is 0.0730. The Kier molecular flexibility index (Phi) is 48.0. The minimum Gasteiger partial charge on any atom is -0.457 e. The highest BCUT2D eigenvalue weighted by molar-refractivity contribution is 7.47. The fourth-order valence-electron chi connectivity index (χ4n) is 6.05. The number of hydrogen-bond donors (Lipinski definition) is 2. The Hall–Kier alpha value is -3.36. The van der Waals surface area contributed by atoms with Gasteiger partial charge in [-0.2, -0.15) is 0 Å². The van der Waals surface area contributed by atoms with Crippen molar-refractivity contribution in [3.8, 4) is 0 Å². The molecule has 0 saturated carbocycles. The molecule has 0 saturated heterocycles. The van der Waals surface area contributed by atoms with E-state index in [9.17, 15) is 14.3 Å². The summed E-state index contributed by atoms with van der Waals surface area (Å²) in [4.78, 5) is 22.5. The van der Waals surface area contributed by atoms with Gasteiger partial charge in [-0.25, -0.2) is 4.57 Å². The Balaban J connectivity index is 4.10. The largest absolute Gasteiger partial charge is 0.472 e. The summed E-state index contributed by atoms with van der Waals surface area (Å²) in [6.07, 6.45) is 72.1. The molecule has 0 bridgehead atoms. The van der Waals surface area contributed by atoms with Crippen LogP contribution in [0.3, 0.4) is 0 Å². The highest BCUT2D eigenvalue weighted by Gasteiger charge is 2.25. The Labute approximate surface area is 391 Å². The van der Waals surface area contributed by atoms with E-state index in [0.717, 1.165) is 89.9 Å². The van der Waals surface area contributed by atoms with Crippen LogP contribution in [0.5, 0.6) is 0 Å². The topological polar surface area (TPSA) is 117 Å². The van der Waals surface area contributed by atoms with E-state index < -0.39 is 19.9 Å². The number of ether oxygens (including phenoxy) is 2. The first kappa shape index (κ1) is 60.6. The van der Waals surface area contributed by atoms with Crippen molar-refractivity contribution in [3.63, 3.8) is 0 Å². The number of allylic oxidation sites excluding steroid dienone is 22. The molecule has 0 aromatic carbocycles. The first-order valence-corrected chi connectivity index (χ1v) is 26.2. The lowest BCUT2D eigenvalue weighted by Gasteiger charge is -2.20. The van der Waals surface area contributed by atoms with Gasteiger partial charge in [-0.05, 0) is 96.3 Å². The number of esters is 1. The highest BCUT2D eigenvalue weighted by atomic mass is 31.2. The number of rotatable bonds is 45. The molecule has 0 aliphatic carbocycles. The van der Waals surface area contributed by atoms with Crippen molar-refractivity contribution >= 4 is 13.8 Å². The fraction of sp³-hybridized carbons (Fsp3) is 0.582. The summed E-state index contributed by atoms with van der Waals surface area (Å²) in [5, 5.41) is 0. The molecule has 0 spiro atoms. The van der Waals surface area contributed by atoms with Gasteiger partial charge >= 0.3 is 13.8 Å². The van der Waals surface area contributed by atoms with Gasteiger partial charge in [-0.1, -0.05) is 199 Å². The van der Waals surface area contributed by atoms with E-state index in [1.807, 2.05) is 12.2 Å². The van der Waals surface area contributed by atoms with Gasteiger partial charge in [0.1, 0.15) is 6.10 Å². The van der Waals surface area contributed by atoms with E-state index in [1.54, 1.807) is 0 Å². The third-order valence-electron chi connectivity index (χ3n) is 9.58. The van der Waals surface area contributed by atoms with Crippen LogP contribution in [0.2, 0.25) is 0 Å². The van der Waals surface area contributed by atoms with E-state index in [2.05, 4.69) is 135 Å². The average molecular weight is 908 g/mol. The summed E-state index contributed by atoms with van der Waals surface area (Å²) in [6, 6.07) is 0. The average Bonchev–Trinajstić information content (AvgIpc) is 3.29. The van der Waals surface area contributed by atoms with Gasteiger partial charge in [0, 0.05) is 19.6 Å². The van der Waals surface area contributed by atoms with Crippen molar-refractivity contribution in [1.82, 2.24) is 0 Å². The van der Waals surface area contributed by atoms with Gasteiger partial charge in [-0.15, -0.1) is 0 Å². The van der Waals surface area contributed by atoms with Crippen LogP contribution in [0.1, 0.15) is 168 Å². The van der Waals surface area contributed by atoms with Crippen LogP contribution in [0, 0.1) is 0 Å². The molecule has 64 heavy (non-hydrogen) atoms. The molecule has 0 radical (unpaired) electrons. The second-order valence-corrected chi connectivity index (χ2v) is 17.0. The minimum atomic E-state index is -4.31. The molecule has 0 aliphatic rings. The third kappa shape index (κ3) is 49.7. The number of phosphoric ester groups is 1. The van der Waals surface area contributed by atoms with Crippen molar-refractivity contribution in [2.75, 3.05) is 33.0 Å². The zero-order valence-electron chi connectivity index (χ0n) is 40.2. The fourth-order valence-corrected chi connectivity index (χ4v) is 6.81. The molecule has 8 nitrogen and oxygen atoms in total. The smallest absolute Gasteiger partial charge is 0.457 e. The summed E-state index contributed by atoms with van der Waals surface area (Å²) in [6.45, 7) is 4.55. The van der Waals surface area contributed by atoms with E-state index in [-0.39, 0.29) is 32.8 Å². The molecular weight excluding hydrogens is 818 g/mol. The monoisotopic (exact) mass is 908 g/mol. The van der Waals surface area contributed by atoms with Gasteiger partial charge in [0.2, 0.25) is 0 Å². The van der Waals surface area contributed by atoms with Gasteiger partial charge in [-0.3, -0.25) is 13.8 Å². The molecule has 2 unspecified atom stereocenters. The Morgan fingerprint density at radius 3 is 1.23 bits per heavy atom. The number of hydrogen-bond acceptors (Lipinski definition) is 7. The van der Waals surface area contributed by atoms with Crippen LogP contribution in [0.4, 0.5) is 0 Å². The Bertz CT molecular complexity index is 1440. The van der Waals surface area contributed by atoms with Crippen molar-refractivity contribution in [2.24, 2.45) is 5.73 Å². The van der Waals surface area contributed by atoms with Crippen LogP contribution in [0.25, 0.3) is 0 Å². The number of phosphoric acid groups is 1. The molecule has 0 heterocycles. The lowest BCUT2D eigenvalue weighted by Crippen LogP contribution is -2.28. The maximum atomic E-state index is 12.6. The third-order valence-corrected chi connectivity index (χ3v) is 10.6. The number of carbonyl (C=O) groups excluding carboxylic acids is 1. The van der Waals surface area contributed by atoms with Crippen LogP contribution in [-0.4, -0.2) is 49.9 Å². The van der Waals surface area contributed by atoms with Crippen molar-refractivity contribution < 1.29 is 32.8 Å². The van der Waals surface area contributed by atoms with Crippen LogP contribution >= 0.6 is 7.82 Å². The quantitative estimate of drug-likeness (QED) is 0.0268. The summed E-state index contributed by atoms with van der Waals surface area (Å²) in [5.74, 6) is -0.419. The maximum absolute atomic E-state index is 12.6. The van der Waals surface area contributed by atoms with E-state index >= 15 is 0 Å². The summed E-state index contributed by atoms with van der Waals surface area (Å²) >= 11 is 0. The molecule has 0 fully saturated rings. The standard InChI is InChI=1S/C55H90NO7P/c1-3-5-7-9-11-13-15-17-19-21-23-24-25-26-27-28-29-31-33-35-37-39-41-43-45-47-50-60-52-54(53-62-64(58,59)61-51-49-56)63-55(57)48-46-44-42-40-38-36-34-32-30-22-20-18-16-14-12-10-8-6-4-2/h5-8,11-14,17-20,23-24,26-27,30,32,36,38,42,44,54H,3-4,9-10,15-16,21-22,25,28-29,31,33-35,37,39-41,43,45-53,56H2,1-2H3,(H,58,59)/b7-5-,8-6-,13-11-,14-12-,19-17-,20-18-,24-23-,27-26-,32-30-,38-36-,44-42-. The summed E-state index contributed by atoms with van der Waals surface area (Å²) < 4.78 is 33.5. The lowest BCUT2D eigenvalue weighted by atomic mass is 10.1. The molecule has 0 aromatic heterocycles. The van der Waals surface area contributed by atoms with Gasteiger partial charge < -0.3 is 20.1 Å². The number of nitrogens with two attached hydrogens (primary N) is 1. The molecular formula is C55H90NO7P. The summed E-state index contributed by atoms with van der Waals surface area (Å²) in [7, 11) is -4.31. The van der Waals surface area contributed by atoms with Crippen molar-refractivity contribution in [3.05, 3.63) is 134 Å². The van der Waals surface area contributed by atoms with Gasteiger partial charge in [0.05, 0.1) is 19.8 Å². The van der Waals surface area contributed by atoms with E-state index in [4.69, 9.17) is 24.3 Å². The summed E-state index contributed by atoms with van der Waals surface area (Å²) in [5.41, 5.74) is 5.38. The van der Waals surface area contributed by atoms with Crippen LogP contribution in [-0.2, 0) is 27.9 Å². The maximum Gasteiger partial charge on any atom is 0.472 e. The second-order valence-electron chi connectivity index (χ2n) is 15.6. The van der Waals surface area contributed by atoms with Gasteiger partial charge in [0.15, 0.2) is 0 Å². The van der Waals surface area contributed by atoms with Crippen LogP contribution < -0.4 is 5.73 Å². The Morgan fingerprint density at radius 2 is 0.828 bits per heavy atom. The van der Waals surface area contributed by atoms with E-state index in [1.165, 1.54) is 51.4 Å². The molecule has 0 rings (SSSR count). The first-order chi connectivity index (χ1) is 31.4. The van der Waals surface area contributed by atoms with Gasteiger partial charge in [0.25, 0.3) is 0 Å². The predicted molar refractivity (Wildman–Crippen MR) is 274 cm³/mol. The SMILES string of the molecule is CC/C=C\C/C=C\C/C=C\C/C=C\C/C=C\C/C=C\CCC(=O)OC(COCCCCCCCCCCCC/C=C\C/C=C\C/C=C\C/C=C\C/C=C\CC)COP(=O)(O)OCCN. The zero-order chi connectivity index (χ0) is 46.5. The molecule has 0 aromatic rings.